The van der Waals surface area contributed by atoms with Gasteiger partial charge in [0.05, 0.1) is 13.7 Å². The molecule has 0 saturated heterocycles. The molecule has 22 heavy (non-hydrogen) atoms. The van der Waals surface area contributed by atoms with Crippen molar-refractivity contribution >= 4 is 11.8 Å². The number of aliphatic hydroxyl groups excluding tert-OH is 1. The quantitative estimate of drug-likeness (QED) is 0.786. The maximum Gasteiger partial charge on any atom is 0.126 e. The summed E-state index contributed by atoms with van der Waals surface area (Å²) in [5.41, 5.74) is 2.07. The van der Waals surface area contributed by atoms with Crippen LogP contribution >= 0.6 is 0 Å². The number of anilines is 1. The fourth-order valence-electron chi connectivity index (χ4n) is 2.00. The first-order valence-corrected chi connectivity index (χ1v) is 7.20. The Labute approximate surface area is 131 Å². The number of nitrogens with one attached hydrogen (secondary N) is 1. The zero-order valence-electron chi connectivity index (χ0n) is 12.7. The molecule has 0 amide bonds. The highest BCUT2D eigenvalue weighted by Crippen LogP contribution is 2.19. The molecule has 0 fully saturated rings. The molecule has 0 heterocycles. The van der Waals surface area contributed by atoms with Crippen LogP contribution in [0, 0.1) is 0 Å². The number of hydrogen-bond donors (Lipinski definition) is 2. The fourth-order valence-corrected chi connectivity index (χ4v) is 2.00. The highest BCUT2D eigenvalue weighted by atomic mass is 16.5. The second-order valence-corrected chi connectivity index (χ2v) is 4.62. The van der Waals surface area contributed by atoms with E-state index in [2.05, 4.69) is 5.32 Å². The first-order valence-electron chi connectivity index (χ1n) is 7.20. The SMILES string of the molecule is COc1ccccc1/C=C/CNc1ccc(OCCO)cc1. The van der Waals surface area contributed by atoms with Crippen molar-refractivity contribution in [3.05, 3.63) is 60.2 Å². The first-order chi connectivity index (χ1) is 10.8. The summed E-state index contributed by atoms with van der Waals surface area (Å²) in [5, 5.41) is 12.0. The van der Waals surface area contributed by atoms with Crippen LogP contribution in [0.15, 0.2) is 54.6 Å². The number of aliphatic hydroxyl groups is 1. The van der Waals surface area contributed by atoms with E-state index in [0.717, 1.165) is 29.3 Å². The number of hydrogen-bond acceptors (Lipinski definition) is 4. The standard InChI is InChI=1S/C18H21NO3/c1-21-18-7-3-2-5-15(18)6-4-12-19-16-8-10-17(11-9-16)22-14-13-20/h2-11,19-20H,12-14H2,1H3/b6-4+. The lowest BCUT2D eigenvalue weighted by Crippen LogP contribution is -2.02. The monoisotopic (exact) mass is 299 g/mol. The molecule has 0 aromatic heterocycles. The van der Waals surface area contributed by atoms with E-state index >= 15 is 0 Å². The zero-order chi connectivity index (χ0) is 15.6. The molecule has 0 saturated carbocycles. The van der Waals surface area contributed by atoms with Crippen LogP contribution in [0.25, 0.3) is 6.08 Å². The lowest BCUT2D eigenvalue weighted by atomic mass is 10.2. The average molecular weight is 299 g/mol. The van der Waals surface area contributed by atoms with E-state index in [0.29, 0.717) is 6.61 Å². The number of methoxy groups -OCH3 is 1. The molecule has 0 spiro atoms. The minimum Gasteiger partial charge on any atom is -0.496 e. The van der Waals surface area contributed by atoms with Crippen LogP contribution < -0.4 is 14.8 Å². The van der Waals surface area contributed by atoms with Crippen molar-refractivity contribution < 1.29 is 14.6 Å². The first kappa shape index (κ1) is 15.9. The molecule has 4 nitrogen and oxygen atoms in total. The summed E-state index contributed by atoms with van der Waals surface area (Å²) in [5.74, 6) is 1.62. The van der Waals surface area contributed by atoms with Crippen molar-refractivity contribution in [2.45, 2.75) is 0 Å². The highest BCUT2D eigenvalue weighted by Gasteiger charge is 1.96. The molecular formula is C18H21NO3. The van der Waals surface area contributed by atoms with Gasteiger partial charge in [-0.2, -0.15) is 0 Å². The predicted octanol–water partition coefficient (Wildman–Crippen LogP) is 3.19. The smallest absolute Gasteiger partial charge is 0.126 e. The number of rotatable bonds is 8. The molecule has 0 radical (unpaired) electrons. The fraction of sp³-hybridized carbons (Fsp3) is 0.222. The van der Waals surface area contributed by atoms with Crippen molar-refractivity contribution in [2.24, 2.45) is 0 Å². The summed E-state index contributed by atoms with van der Waals surface area (Å²) >= 11 is 0. The lowest BCUT2D eigenvalue weighted by Gasteiger charge is -2.07. The van der Waals surface area contributed by atoms with E-state index in [1.54, 1.807) is 7.11 Å². The van der Waals surface area contributed by atoms with E-state index in [1.165, 1.54) is 0 Å². The van der Waals surface area contributed by atoms with E-state index in [4.69, 9.17) is 14.6 Å². The van der Waals surface area contributed by atoms with Gasteiger partial charge in [-0.15, -0.1) is 0 Å². The molecule has 0 aliphatic rings. The Kier molecular flexibility index (Phi) is 6.33. The summed E-state index contributed by atoms with van der Waals surface area (Å²) in [6, 6.07) is 15.5. The van der Waals surface area contributed by atoms with Gasteiger partial charge in [-0.25, -0.2) is 0 Å². The van der Waals surface area contributed by atoms with Gasteiger partial charge in [0.15, 0.2) is 0 Å². The van der Waals surface area contributed by atoms with E-state index in [-0.39, 0.29) is 6.61 Å². The van der Waals surface area contributed by atoms with Crippen LogP contribution in [-0.2, 0) is 0 Å². The van der Waals surface area contributed by atoms with Crippen molar-refractivity contribution in [2.75, 3.05) is 32.2 Å². The van der Waals surface area contributed by atoms with Gasteiger partial charge >= 0.3 is 0 Å². The van der Waals surface area contributed by atoms with Crippen LogP contribution in [0.3, 0.4) is 0 Å². The molecule has 0 unspecified atom stereocenters. The maximum atomic E-state index is 8.70. The van der Waals surface area contributed by atoms with Crippen molar-refractivity contribution in [3.8, 4) is 11.5 Å². The largest absolute Gasteiger partial charge is 0.496 e. The van der Waals surface area contributed by atoms with Gasteiger partial charge in [-0.1, -0.05) is 30.4 Å². The minimum absolute atomic E-state index is 0.0216. The van der Waals surface area contributed by atoms with E-state index < -0.39 is 0 Å². The van der Waals surface area contributed by atoms with E-state index in [9.17, 15) is 0 Å². The van der Waals surface area contributed by atoms with Gasteiger partial charge in [0.2, 0.25) is 0 Å². The van der Waals surface area contributed by atoms with Crippen LogP contribution in [0.1, 0.15) is 5.56 Å². The molecule has 116 valence electrons. The Hall–Kier alpha value is -2.46. The maximum absolute atomic E-state index is 8.70. The van der Waals surface area contributed by atoms with Crippen LogP contribution in [0.4, 0.5) is 5.69 Å². The second-order valence-electron chi connectivity index (χ2n) is 4.62. The molecule has 4 heteroatoms. The lowest BCUT2D eigenvalue weighted by molar-refractivity contribution is 0.201. The Morgan fingerprint density at radius 1 is 1.09 bits per heavy atom. The molecule has 0 aliphatic carbocycles. The van der Waals surface area contributed by atoms with Gasteiger partial charge < -0.3 is 19.9 Å². The molecular weight excluding hydrogens is 278 g/mol. The van der Waals surface area contributed by atoms with Gasteiger partial charge in [-0.3, -0.25) is 0 Å². The Balaban J connectivity index is 1.84. The minimum atomic E-state index is 0.0216. The molecule has 2 N–H and O–H groups in total. The molecule has 0 atom stereocenters. The normalized spacial score (nSPS) is 10.6. The number of benzene rings is 2. The summed E-state index contributed by atoms with van der Waals surface area (Å²) in [6.07, 6.45) is 4.08. The van der Waals surface area contributed by atoms with Gasteiger partial charge in [0, 0.05) is 17.8 Å². The summed E-state index contributed by atoms with van der Waals surface area (Å²) in [4.78, 5) is 0. The van der Waals surface area contributed by atoms with Crippen molar-refractivity contribution in [1.29, 1.82) is 0 Å². The third-order valence-corrected chi connectivity index (χ3v) is 3.07. The van der Waals surface area contributed by atoms with Crippen LogP contribution in [0.5, 0.6) is 11.5 Å². The zero-order valence-corrected chi connectivity index (χ0v) is 12.7. The van der Waals surface area contributed by atoms with Crippen molar-refractivity contribution in [1.82, 2.24) is 0 Å². The second kappa shape index (κ2) is 8.74. The summed E-state index contributed by atoms with van der Waals surface area (Å²) in [7, 11) is 1.67. The van der Waals surface area contributed by atoms with E-state index in [1.807, 2.05) is 60.7 Å². The van der Waals surface area contributed by atoms with Crippen LogP contribution in [0.2, 0.25) is 0 Å². The van der Waals surface area contributed by atoms with Crippen LogP contribution in [-0.4, -0.2) is 32.0 Å². The summed E-state index contributed by atoms with van der Waals surface area (Å²) < 4.78 is 10.6. The molecule has 0 bridgehead atoms. The van der Waals surface area contributed by atoms with Crippen molar-refractivity contribution in [3.63, 3.8) is 0 Å². The predicted molar refractivity (Wildman–Crippen MR) is 89.5 cm³/mol. The molecule has 2 rings (SSSR count). The molecule has 0 aliphatic heterocycles. The average Bonchev–Trinajstić information content (AvgIpc) is 2.58. The highest BCUT2D eigenvalue weighted by molar-refractivity contribution is 5.58. The number of para-hydroxylation sites is 1. The topological polar surface area (TPSA) is 50.7 Å². The summed E-state index contributed by atoms with van der Waals surface area (Å²) in [6.45, 7) is 1.05. The third-order valence-electron chi connectivity index (χ3n) is 3.07. The van der Waals surface area contributed by atoms with Gasteiger partial charge in [0.1, 0.15) is 18.1 Å². The Morgan fingerprint density at radius 2 is 1.86 bits per heavy atom. The van der Waals surface area contributed by atoms with Gasteiger partial charge in [0.25, 0.3) is 0 Å². The third kappa shape index (κ3) is 4.82. The number of ether oxygens (including phenoxy) is 2. The Morgan fingerprint density at radius 3 is 2.59 bits per heavy atom. The molecule has 2 aromatic carbocycles. The van der Waals surface area contributed by atoms with Gasteiger partial charge in [-0.05, 0) is 30.3 Å². The Bertz CT molecular complexity index is 594. The molecule has 2 aromatic rings.